The maximum absolute atomic E-state index is 11.1. The normalized spacial score (nSPS) is 13.3. The lowest BCUT2D eigenvalue weighted by molar-refractivity contribution is -0.165. The molecule has 0 aliphatic rings. The summed E-state index contributed by atoms with van der Waals surface area (Å²) in [5, 5.41) is 17.1. The van der Waals surface area contributed by atoms with E-state index in [1.807, 2.05) is 6.92 Å². The van der Waals surface area contributed by atoms with Crippen molar-refractivity contribution in [2.24, 2.45) is 5.92 Å². The highest BCUT2D eigenvalue weighted by atomic mass is 16.6. The molecule has 15 heavy (non-hydrogen) atoms. The Morgan fingerprint density at radius 2 is 1.93 bits per heavy atom. The van der Waals surface area contributed by atoms with Crippen LogP contribution in [-0.4, -0.2) is 34.4 Å². The molecule has 0 amide bonds. The number of hydrogen-bond donors (Lipinski definition) is 2. The van der Waals surface area contributed by atoms with Gasteiger partial charge in [0.1, 0.15) is 12.0 Å². The highest BCUT2D eigenvalue weighted by Crippen LogP contribution is 2.24. The first-order valence-corrected chi connectivity index (χ1v) is 4.84. The highest BCUT2D eigenvalue weighted by Gasteiger charge is 2.30. The van der Waals surface area contributed by atoms with Crippen molar-refractivity contribution in [2.45, 2.75) is 39.2 Å². The molecule has 0 fully saturated rings. The van der Waals surface area contributed by atoms with Crippen molar-refractivity contribution in [1.82, 2.24) is 0 Å². The lowest BCUT2D eigenvalue weighted by atomic mass is 9.90. The van der Waals surface area contributed by atoms with E-state index in [9.17, 15) is 9.59 Å². The summed E-state index contributed by atoms with van der Waals surface area (Å²) in [6.07, 6.45) is -0.122. The van der Waals surface area contributed by atoms with Gasteiger partial charge in [0, 0.05) is 6.61 Å². The van der Waals surface area contributed by atoms with Crippen LogP contribution in [0.3, 0.4) is 0 Å². The van der Waals surface area contributed by atoms with Crippen LogP contribution in [0, 0.1) is 5.92 Å². The Morgan fingerprint density at radius 1 is 1.40 bits per heavy atom. The van der Waals surface area contributed by atoms with Crippen LogP contribution in [-0.2, 0) is 14.3 Å². The maximum Gasteiger partial charge on any atom is 0.317 e. The minimum Gasteiger partial charge on any atom is -0.481 e. The van der Waals surface area contributed by atoms with E-state index in [1.54, 1.807) is 13.8 Å². The third-order valence-electron chi connectivity index (χ3n) is 2.42. The largest absolute Gasteiger partial charge is 0.481 e. The summed E-state index contributed by atoms with van der Waals surface area (Å²) in [5.41, 5.74) is -0.755. The van der Waals surface area contributed by atoms with Gasteiger partial charge in [-0.1, -0.05) is 6.92 Å². The molecule has 0 aromatic rings. The van der Waals surface area contributed by atoms with Gasteiger partial charge in [0.25, 0.3) is 0 Å². The highest BCUT2D eigenvalue weighted by molar-refractivity contribution is 5.90. The molecule has 0 saturated heterocycles. The molecule has 0 bridgehead atoms. The summed E-state index contributed by atoms with van der Waals surface area (Å²) < 4.78 is 5.03. The van der Waals surface area contributed by atoms with Crippen LogP contribution in [0.4, 0.5) is 0 Å². The van der Waals surface area contributed by atoms with E-state index in [2.05, 4.69) is 0 Å². The average molecular weight is 218 g/mol. The predicted molar refractivity (Wildman–Crippen MR) is 53.3 cm³/mol. The number of aliphatic hydroxyl groups excluding tert-OH is 1. The molecule has 88 valence electrons. The van der Waals surface area contributed by atoms with Gasteiger partial charge in [0.15, 0.2) is 0 Å². The molecule has 5 heteroatoms. The van der Waals surface area contributed by atoms with Crippen LogP contribution in [0.25, 0.3) is 0 Å². The molecule has 0 spiro atoms. The van der Waals surface area contributed by atoms with E-state index in [4.69, 9.17) is 14.9 Å². The van der Waals surface area contributed by atoms with E-state index in [1.165, 1.54) is 0 Å². The van der Waals surface area contributed by atoms with Gasteiger partial charge in [-0.3, -0.25) is 9.59 Å². The zero-order valence-electron chi connectivity index (χ0n) is 9.32. The number of carbonyl (C=O) groups is 2. The van der Waals surface area contributed by atoms with Crippen LogP contribution in [0.15, 0.2) is 0 Å². The molecule has 1 unspecified atom stereocenters. The van der Waals surface area contributed by atoms with Crippen molar-refractivity contribution in [3.63, 3.8) is 0 Å². The molecule has 0 aromatic carbocycles. The summed E-state index contributed by atoms with van der Waals surface area (Å²) in [7, 11) is 0. The summed E-state index contributed by atoms with van der Waals surface area (Å²) in [4.78, 5) is 21.4. The quantitative estimate of drug-likeness (QED) is 0.509. The smallest absolute Gasteiger partial charge is 0.317 e. The first kappa shape index (κ1) is 13.9. The topological polar surface area (TPSA) is 83.8 Å². The fourth-order valence-corrected chi connectivity index (χ4v) is 1.09. The zero-order valence-corrected chi connectivity index (χ0v) is 9.32. The van der Waals surface area contributed by atoms with Crippen molar-refractivity contribution < 1.29 is 24.5 Å². The number of esters is 1. The number of hydrogen-bond acceptors (Lipinski definition) is 4. The molecule has 2 N–H and O–H groups in total. The Balaban J connectivity index is 4.23. The molecule has 1 atom stereocenters. The van der Waals surface area contributed by atoms with Crippen molar-refractivity contribution in [3.8, 4) is 0 Å². The average Bonchev–Trinajstić information content (AvgIpc) is 2.01. The van der Waals surface area contributed by atoms with E-state index < -0.39 is 24.0 Å². The Hall–Kier alpha value is -1.10. The van der Waals surface area contributed by atoms with Gasteiger partial charge in [-0.15, -0.1) is 0 Å². The van der Waals surface area contributed by atoms with Gasteiger partial charge in [-0.05, 0) is 26.2 Å². The van der Waals surface area contributed by atoms with Crippen LogP contribution in [0.1, 0.15) is 33.6 Å². The van der Waals surface area contributed by atoms with Crippen molar-refractivity contribution in [3.05, 3.63) is 0 Å². The minimum absolute atomic E-state index is 0.0150. The molecule has 0 saturated carbocycles. The first-order valence-electron chi connectivity index (χ1n) is 4.84. The Labute approximate surface area is 89.0 Å². The number of carboxylic acids is 1. The third kappa shape index (κ3) is 5.37. The second-order valence-corrected chi connectivity index (χ2v) is 4.06. The molecule has 0 rings (SSSR count). The molecule has 5 nitrogen and oxygen atoms in total. The Bertz CT molecular complexity index is 234. The minimum atomic E-state index is -1.20. The van der Waals surface area contributed by atoms with Crippen LogP contribution in [0.5, 0.6) is 0 Å². The summed E-state index contributed by atoms with van der Waals surface area (Å²) in [6, 6.07) is 0. The van der Waals surface area contributed by atoms with Crippen LogP contribution >= 0.6 is 0 Å². The maximum atomic E-state index is 11.1. The first-order chi connectivity index (χ1) is 6.79. The molecule has 0 aliphatic carbocycles. The standard InChI is InChI=1S/C10H18O5/c1-7(4-5-11)10(2,3)15-9(14)6-8(12)13/h7,11H,4-6H2,1-3H3,(H,12,13). The van der Waals surface area contributed by atoms with Gasteiger partial charge >= 0.3 is 11.9 Å². The molecule has 0 aliphatic heterocycles. The molecule has 0 heterocycles. The van der Waals surface area contributed by atoms with Gasteiger partial charge in [0.05, 0.1) is 0 Å². The fourth-order valence-electron chi connectivity index (χ4n) is 1.09. The number of rotatable bonds is 6. The Kier molecular flexibility index (Phi) is 5.28. The lowest BCUT2D eigenvalue weighted by Crippen LogP contribution is -2.36. The van der Waals surface area contributed by atoms with E-state index >= 15 is 0 Å². The number of carboxylic acid groups (broad SMARTS) is 1. The lowest BCUT2D eigenvalue weighted by Gasteiger charge is -2.31. The van der Waals surface area contributed by atoms with E-state index in [0.29, 0.717) is 6.42 Å². The number of ether oxygens (including phenoxy) is 1. The molecular formula is C10H18O5. The number of aliphatic carboxylic acids is 1. The summed E-state index contributed by atoms with van der Waals surface area (Å²) in [5.74, 6) is -1.98. The van der Waals surface area contributed by atoms with E-state index in [0.717, 1.165) is 0 Å². The fraction of sp³-hybridized carbons (Fsp3) is 0.800. The summed E-state index contributed by atoms with van der Waals surface area (Å²) in [6.45, 7) is 5.26. The SMILES string of the molecule is CC(CCO)C(C)(C)OC(=O)CC(=O)O. The second kappa shape index (κ2) is 5.70. The number of aliphatic hydroxyl groups is 1. The third-order valence-corrected chi connectivity index (χ3v) is 2.42. The second-order valence-electron chi connectivity index (χ2n) is 4.06. The molecular weight excluding hydrogens is 200 g/mol. The molecule has 0 radical (unpaired) electrons. The van der Waals surface area contributed by atoms with Crippen molar-refractivity contribution in [1.29, 1.82) is 0 Å². The molecule has 0 aromatic heterocycles. The number of carbonyl (C=O) groups excluding carboxylic acids is 1. The van der Waals surface area contributed by atoms with Gasteiger partial charge in [-0.25, -0.2) is 0 Å². The zero-order chi connectivity index (χ0) is 12.1. The Morgan fingerprint density at radius 3 is 2.33 bits per heavy atom. The van der Waals surface area contributed by atoms with Crippen LogP contribution in [0.2, 0.25) is 0 Å². The monoisotopic (exact) mass is 218 g/mol. The van der Waals surface area contributed by atoms with Gasteiger partial charge in [-0.2, -0.15) is 0 Å². The van der Waals surface area contributed by atoms with E-state index in [-0.39, 0.29) is 12.5 Å². The van der Waals surface area contributed by atoms with Crippen molar-refractivity contribution in [2.75, 3.05) is 6.61 Å². The van der Waals surface area contributed by atoms with Crippen LogP contribution < -0.4 is 0 Å². The van der Waals surface area contributed by atoms with Gasteiger partial charge in [0.2, 0.25) is 0 Å². The van der Waals surface area contributed by atoms with Gasteiger partial charge < -0.3 is 14.9 Å². The summed E-state index contributed by atoms with van der Waals surface area (Å²) >= 11 is 0. The predicted octanol–water partition coefficient (Wildman–Crippen LogP) is 0.801. The van der Waals surface area contributed by atoms with Crippen molar-refractivity contribution >= 4 is 11.9 Å².